The molecular weight excluding hydrogens is 400 g/mol. The molecule has 1 heterocycles. The summed E-state index contributed by atoms with van der Waals surface area (Å²) in [5.74, 6) is -0.0156. The summed E-state index contributed by atoms with van der Waals surface area (Å²) in [6, 6.07) is 12.3. The summed E-state index contributed by atoms with van der Waals surface area (Å²) in [5, 5.41) is 0.470. The van der Waals surface area contributed by atoms with Crippen LogP contribution in [0, 0.1) is 0 Å². The number of carbonyl (C=O) groups is 2. The Morgan fingerprint density at radius 2 is 2.04 bits per heavy atom. The van der Waals surface area contributed by atoms with Crippen molar-refractivity contribution in [2.45, 2.75) is 19.9 Å². The molecule has 3 aromatic rings. The first-order chi connectivity index (χ1) is 13.5. The first-order valence-electron chi connectivity index (χ1n) is 8.69. The number of esters is 1. The normalized spacial score (nSPS) is 11.6. The number of fused-ring (bicyclic) bond motifs is 1. The van der Waals surface area contributed by atoms with E-state index >= 15 is 0 Å². The number of ether oxygens (including phenoxy) is 2. The Bertz CT molecular complexity index is 1090. The summed E-state index contributed by atoms with van der Waals surface area (Å²) in [4.78, 5) is 29.2. The molecular formula is C20H19ClN2O4S. The molecule has 0 unspecified atom stereocenters. The Morgan fingerprint density at radius 3 is 2.75 bits per heavy atom. The van der Waals surface area contributed by atoms with Gasteiger partial charge in [0.1, 0.15) is 5.75 Å². The van der Waals surface area contributed by atoms with Crippen molar-refractivity contribution in [2.24, 2.45) is 4.99 Å². The number of aryl methyl sites for hydroxylation is 1. The predicted molar refractivity (Wildman–Crippen MR) is 109 cm³/mol. The number of methoxy groups -OCH3 is 1. The van der Waals surface area contributed by atoms with E-state index in [0.29, 0.717) is 34.3 Å². The van der Waals surface area contributed by atoms with E-state index in [1.54, 1.807) is 38.3 Å². The summed E-state index contributed by atoms with van der Waals surface area (Å²) in [6.07, 6.45) is 0.176. The zero-order chi connectivity index (χ0) is 20.1. The van der Waals surface area contributed by atoms with Crippen molar-refractivity contribution in [3.63, 3.8) is 0 Å². The number of nitrogens with zero attached hydrogens (tertiary/aromatic N) is 2. The fraction of sp³-hybridized carbons (Fsp3) is 0.250. The number of hydrogen-bond acceptors (Lipinski definition) is 5. The Hall–Kier alpha value is -2.64. The van der Waals surface area contributed by atoms with Crippen LogP contribution in [0.4, 0.5) is 0 Å². The highest BCUT2D eigenvalue weighted by atomic mass is 35.5. The number of benzene rings is 2. The van der Waals surface area contributed by atoms with E-state index in [1.165, 1.54) is 11.3 Å². The second-order valence-electron chi connectivity index (χ2n) is 5.85. The fourth-order valence-corrected chi connectivity index (χ4v) is 3.91. The fourth-order valence-electron chi connectivity index (χ4n) is 2.69. The van der Waals surface area contributed by atoms with Gasteiger partial charge in [0.25, 0.3) is 5.91 Å². The first kappa shape index (κ1) is 20.1. The van der Waals surface area contributed by atoms with Gasteiger partial charge in [-0.25, -0.2) is 0 Å². The molecule has 0 saturated heterocycles. The molecule has 8 heteroatoms. The van der Waals surface area contributed by atoms with E-state index in [2.05, 4.69) is 4.99 Å². The van der Waals surface area contributed by atoms with Crippen LogP contribution in [-0.4, -0.2) is 30.2 Å². The molecule has 146 valence electrons. The number of aromatic nitrogens is 1. The van der Waals surface area contributed by atoms with E-state index < -0.39 is 5.91 Å². The summed E-state index contributed by atoms with van der Waals surface area (Å²) in [5.41, 5.74) is 1.24. The van der Waals surface area contributed by atoms with E-state index in [4.69, 9.17) is 21.1 Å². The smallest absolute Gasteiger partial charge is 0.307 e. The number of carbonyl (C=O) groups excluding carboxylic acids is 2. The summed E-state index contributed by atoms with van der Waals surface area (Å²) in [6.45, 7) is 2.43. The van der Waals surface area contributed by atoms with Gasteiger partial charge in [-0.2, -0.15) is 4.99 Å². The molecule has 3 rings (SSSR count). The third-order valence-corrected chi connectivity index (χ3v) is 5.30. The van der Waals surface area contributed by atoms with Crippen LogP contribution in [0.15, 0.2) is 47.5 Å². The molecule has 2 aromatic carbocycles. The zero-order valence-corrected chi connectivity index (χ0v) is 17.0. The highest BCUT2D eigenvalue weighted by Gasteiger charge is 2.12. The number of amides is 1. The van der Waals surface area contributed by atoms with Crippen LogP contribution in [-0.2, 0) is 16.1 Å². The highest BCUT2D eigenvalue weighted by Crippen LogP contribution is 2.23. The van der Waals surface area contributed by atoms with Crippen molar-refractivity contribution in [3.8, 4) is 5.75 Å². The van der Waals surface area contributed by atoms with E-state index in [1.807, 2.05) is 22.8 Å². The number of hydrogen-bond donors (Lipinski definition) is 0. The summed E-state index contributed by atoms with van der Waals surface area (Å²) >= 11 is 7.34. The quantitative estimate of drug-likeness (QED) is 0.566. The van der Waals surface area contributed by atoms with Gasteiger partial charge in [-0.15, -0.1) is 0 Å². The van der Waals surface area contributed by atoms with Crippen LogP contribution in [0.25, 0.3) is 10.2 Å². The topological polar surface area (TPSA) is 69.9 Å². The van der Waals surface area contributed by atoms with Crippen molar-refractivity contribution in [2.75, 3.05) is 13.7 Å². The van der Waals surface area contributed by atoms with Gasteiger partial charge in [-0.05, 0) is 37.3 Å². The second kappa shape index (κ2) is 9.03. The standard InChI is InChI=1S/C20H19ClN2O4S/c1-3-27-18(24)9-10-23-16-12-15(26-2)7-8-17(16)28-20(23)22-19(25)13-5-4-6-14(21)11-13/h4-8,11-12H,3,9-10H2,1-2H3. The zero-order valence-electron chi connectivity index (χ0n) is 15.5. The lowest BCUT2D eigenvalue weighted by atomic mass is 10.2. The highest BCUT2D eigenvalue weighted by molar-refractivity contribution is 7.16. The Labute approximate surface area is 171 Å². The van der Waals surface area contributed by atoms with Gasteiger partial charge in [0.15, 0.2) is 4.80 Å². The van der Waals surface area contributed by atoms with Crippen molar-refractivity contribution in [3.05, 3.63) is 57.9 Å². The molecule has 0 radical (unpaired) electrons. The van der Waals surface area contributed by atoms with Gasteiger partial charge in [-0.1, -0.05) is 29.0 Å². The van der Waals surface area contributed by atoms with E-state index in [-0.39, 0.29) is 12.4 Å². The molecule has 1 aromatic heterocycles. The predicted octanol–water partition coefficient (Wildman–Crippen LogP) is 4.06. The maximum Gasteiger partial charge on any atom is 0.307 e. The van der Waals surface area contributed by atoms with Crippen LogP contribution >= 0.6 is 22.9 Å². The number of halogens is 1. The van der Waals surface area contributed by atoms with Crippen molar-refractivity contribution in [1.82, 2.24) is 4.57 Å². The maximum absolute atomic E-state index is 12.6. The van der Waals surface area contributed by atoms with Crippen molar-refractivity contribution >= 4 is 45.0 Å². The van der Waals surface area contributed by atoms with Gasteiger partial charge < -0.3 is 14.0 Å². The van der Waals surface area contributed by atoms with E-state index in [0.717, 1.165) is 10.2 Å². The van der Waals surface area contributed by atoms with Crippen LogP contribution < -0.4 is 9.54 Å². The SMILES string of the molecule is CCOC(=O)CCn1c(=NC(=O)c2cccc(Cl)c2)sc2ccc(OC)cc21. The van der Waals surface area contributed by atoms with Gasteiger partial charge in [0.05, 0.1) is 30.4 Å². The van der Waals surface area contributed by atoms with E-state index in [9.17, 15) is 9.59 Å². The third-order valence-electron chi connectivity index (χ3n) is 4.00. The van der Waals surface area contributed by atoms with Crippen molar-refractivity contribution in [1.29, 1.82) is 0 Å². The Kier molecular flexibility index (Phi) is 6.49. The van der Waals surface area contributed by atoms with Crippen LogP contribution in [0.1, 0.15) is 23.7 Å². The number of thiazole rings is 1. The first-order valence-corrected chi connectivity index (χ1v) is 9.89. The average molecular weight is 419 g/mol. The van der Waals surface area contributed by atoms with Gasteiger partial charge in [0, 0.05) is 23.2 Å². The molecule has 0 aliphatic rings. The monoisotopic (exact) mass is 418 g/mol. The Morgan fingerprint density at radius 1 is 1.21 bits per heavy atom. The minimum absolute atomic E-state index is 0.176. The second-order valence-corrected chi connectivity index (χ2v) is 7.30. The minimum atomic E-state index is -0.397. The van der Waals surface area contributed by atoms with Crippen LogP contribution in [0.2, 0.25) is 5.02 Å². The molecule has 0 atom stereocenters. The lowest BCUT2D eigenvalue weighted by Gasteiger charge is -2.06. The third kappa shape index (κ3) is 4.61. The maximum atomic E-state index is 12.6. The molecule has 0 saturated carbocycles. The lowest BCUT2D eigenvalue weighted by molar-refractivity contribution is -0.143. The molecule has 0 aliphatic carbocycles. The van der Waals surface area contributed by atoms with Crippen LogP contribution in [0.3, 0.4) is 0 Å². The number of rotatable bonds is 6. The molecule has 0 spiro atoms. The largest absolute Gasteiger partial charge is 0.497 e. The van der Waals surface area contributed by atoms with Crippen molar-refractivity contribution < 1.29 is 19.1 Å². The van der Waals surface area contributed by atoms with Gasteiger partial charge in [0.2, 0.25) is 0 Å². The molecule has 6 nitrogen and oxygen atoms in total. The molecule has 0 aliphatic heterocycles. The minimum Gasteiger partial charge on any atom is -0.497 e. The Balaban J connectivity index is 2.05. The van der Waals surface area contributed by atoms with Gasteiger partial charge in [-0.3, -0.25) is 9.59 Å². The van der Waals surface area contributed by atoms with Crippen LogP contribution in [0.5, 0.6) is 5.75 Å². The lowest BCUT2D eigenvalue weighted by Crippen LogP contribution is -2.19. The summed E-state index contributed by atoms with van der Waals surface area (Å²) < 4.78 is 13.1. The molecule has 0 bridgehead atoms. The average Bonchev–Trinajstić information content (AvgIpc) is 3.02. The molecule has 0 fully saturated rings. The van der Waals surface area contributed by atoms with Gasteiger partial charge >= 0.3 is 5.97 Å². The molecule has 0 N–H and O–H groups in total. The molecule has 1 amide bonds. The molecule has 28 heavy (non-hydrogen) atoms. The summed E-state index contributed by atoms with van der Waals surface area (Å²) in [7, 11) is 1.59.